The normalized spacial score (nSPS) is 16.9. The van der Waals surface area contributed by atoms with Gasteiger partial charge in [-0.05, 0) is 35.7 Å². The number of nitrogens with zero attached hydrogens (tertiary/aromatic N) is 2. The first-order valence-corrected chi connectivity index (χ1v) is 7.78. The Hall–Kier alpha value is -2.37. The molecule has 1 aliphatic rings. The first kappa shape index (κ1) is 16.5. The SMILES string of the molecule is O=C(c1cncc(Cc2ccc(F)cc2)c1)N1CCC(F)(F)CC1. The quantitative estimate of drug-likeness (QED) is 0.858. The van der Waals surface area contributed by atoms with Gasteiger partial charge in [0.15, 0.2) is 0 Å². The zero-order chi connectivity index (χ0) is 17.2. The number of benzene rings is 1. The van der Waals surface area contributed by atoms with Crippen molar-refractivity contribution in [3.63, 3.8) is 0 Å². The van der Waals surface area contributed by atoms with Gasteiger partial charge in [0, 0.05) is 38.3 Å². The van der Waals surface area contributed by atoms with Gasteiger partial charge in [-0.2, -0.15) is 0 Å². The molecule has 0 aliphatic carbocycles. The molecule has 24 heavy (non-hydrogen) atoms. The van der Waals surface area contributed by atoms with Gasteiger partial charge in [-0.1, -0.05) is 12.1 Å². The number of hydrogen-bond donors (Lipinski definition) is 0. The lowest BCUT2D eigenvalue weighted by molar-refractivity contribution is -0.0494. The van der Waals surface area contributed by atoms with Crippen molar-refractivity contribution in [1.29, 1.82) is 0 Å². The van der Waals surface area contributed by atoms with Crippen LogP contribution in [0.15, 0.2) is 42.7 Å². The molecule has 0 N–H and O–H groups in total. The summed E-state index contributed by atoms with van der Waals surface area (Å²) in [6.45, 7) is 0.0993. The van der Waals surface area contributed by atoms with Gasteiger partial charge < -0.3 is 4.90 Å². The molecule has 2 heterocycles. The predicted molar refractivity (Wildman–Crippen MR) is 83.5 cm³/mol. The third-order valence-corrected chi connectivity index (χ3v) is 4.15. The molecule has 6 heteroatoms. The number of aromatic nitrogens is 1. The summed E-state index contributed by atoms with van der Waals surface area (Å²) in [5, 5.41) is 0. The third kappa shape index (κ3) is 3.93. The molecule has 1 aromatic carbocycles. The smallest absolute Gasteiger partial charge is 0.255 e. The summed E-state index contributed by atoms with van der Waals surface area (Å²) in [4.78, 5) is 18.0. The van der Waals surface area contributed by atoms with Crippen LogP contribution >= 0.6 is 0 Å². The van der Waals surface area contributed by atoms with Crippen LogP contribution in [0.3, 0.4) is 0 Å². The second-order valence-electron chi connectivity index (χ2n) is 6.03. The summed E-state index contributed by atoms with van der Waals surface area (Å²) in [6.07, 6.45) is 3.00. The van der Waals surface area contributed by atoms with Gasteiger partial charge >= 0.3 is 0 Å². The number of amides is 1. The van der Waals surface area contributed by atoms with Crippen LogP contribution in [0.4, 0.5) is 13.2 Å². The van der Waals surface area contributed by atoms with Gasteiger partial charge in [-0.15, -0.1) is 0 Å². The first-order valence-electron chi connectivity index (χ1n) is 7.78. The lowest BCUT2D eigenvalue weighted by Crippen LogP contribution is -2.42. The van der Waals surface area contributed by atoms with Crippen LogP contribution < -0.4 is 0 Å². The summed E-state index contributed by atoms with van der Waals surface area (Å²) in [5.74, 6) is -3.26. The van der Waals surface area contributed by atoms with E-state index in [0.717, 1.165) is 11.1 Å². The van der Waals surface area contributed by atoms with Crippen LogP contribution in [-0.2, 0) is 6.42 Å². The molecule has 0 unspecified atom stereocenters. The second-order valence-corrected chi connectivity index (χ2v) is 6.03. The number of pyridine rings is 1. The number of piperidine rings is 1. The highest BCUT2D eigenvalue weighted by Crippen LogP contribution is 2.28. The number of rotatable bonds is 3. The van der Waals surface area contributed by atoms with Crippen LogP contribution in [-0.4, -0.2) is 34.8 Å². The van der Waals surface area contributed by atoms with E-state index in [1.807, 2.05) is 0 Å². The number of hydrogen-bond acceptors (Lipinski definition) is 2. The number of halogens is 3. The minimum atomic E-state index is -2.68. The Morgan fingerprint density at radius 3 is 2.42 bits per heavy atom. The molecule has 1 saturated heterocycles. The van der Waals surface area contributed by atoms with Crippen molar-refractivity contribution >= 4 is 5.91 Å². The maximum atomic E-state index is 13.2. The summed E-state index contributed by atoms with van der Waals surface area (Å²) < 4.78 is 39.3. The fourth-order valence-electron chi connectivity index (χ4n) is 2.76. The fraction of sp³-hybridized carbons (Fsp3) is 0.333. The van der Waals surface area contributed by atoms with Gasteiger partial charge in [0.2, 0.25) is 0 Å². The van der Waals surface area contributed by atoms with Crippen LogP contribution in [0, 0.1) is 5.82 Å². The van der Waals surface area contributed by atoms with E-state index in [2.05, 4.69) is 4.98 Å². The van der Waals surface area contributed by atoms with E-state index in [1.165, 1.54) is 23.2 Å². The molecule has 0 radical (unpaired) electrons. The van der Waals surface area contributed by atoms with Gasteiger partial charge in [0.05, 0.1) is 5.56 Å². The van der Waals surface area contributed by atoms with E-state index >= 15 is 0 Å². The van der Waals surface area contributed by atoms with E-state index in [-0.39, 0.29) is 37.7 Å². The molecule has 1 aromatic heterocycles. The van der Waals surface area contributed by atoms with Crippen LogP contribution in [0.5, 0.6) is 0 Å². The Morgan fingerprint density at radius 2 is 1.75 bits per heavy atom. The van der Waals surface area contributed by atoms with E-state index < -0.39 is 5.92 Å². The Morgan fingerprint density at radius 1 is 1.08 bits per heavy atom. The van der Waals surface area contributed by atoms with E-state index in [1.54, 1.807) is 24.4 Å². The average molecular weight is 334 g/mol. The summed E-state index contributed by atoms with van der Waals surface area (Å²) >= 11 is 0. The van der Waals surface area contributed by atoms with Crippen molar-refractivity contribution in [2.75, 3.05) is 13.1 Å². The molecular weight excluding hydrogens is 317 g/mol. The van der Waals surface area contributed by atoms with Crippen molar-refractivity contribution in [3.05, 3.63) is 65.2 Å². The Kier molecular flexibility index (Phi) is 4.55. The minimum absolute atomic E-state index is 0.0496. The van der Waals surface area contributed by atoms with E-state index in [9.17, 15) is 18.0 Å². The number of carbonyl (C=O) groups is 1. The lowest BCUT2D eigenvalue weighted by atomic mass is 10.0. The number of alkyl halides is 2. The molecule has 2 aromatic rings. The van der Waals surface area contributed by atoms with Crippen LogP contribution in [0.2, 0.25) is 0 Å². The van der Waals surface area contributed by atoms with Crippen molar-refractivity contribution < 1.29 is 18.0 Å². The Balaban J connectivity index is 1.70. The largest absolute Gasteiger partial charge is 0.338 e. The van der Waals surface area contributed by atoms with E-state index in [4.69, 9.17) is 0 Å². The Bertz CT molecular complexity index is 721. The van der Waals surface area contributed by atoms with Gasteiger partial charge in [0.25, 0.3) is 11.8 Å². The molecule has 1 fully saturated rings. The van der Waals surface area contributed by atoms with E-state index in [0.29, 0.717) is 12.0 Å². The fourth-order valence-corrected chi connectivity index (χ4v) is 2.76. The standard InChI is InChI=1S/C18H17F3N2O/c19-16-3-1-13(2-4-16)9-14-10-15(12-22-11-14)17(24)23-7-5-18(20,21)6-8-23/h1-4,10-12H,5-9H2. The minimum Gasteiger partial charge on any atom is -0.338 e. The summed E-state index contributed by atoms with van der Waals surface area (Å²) in [5.41, 5.74) is 2.11. The highest BCUT2D eigenvalue weighted by Gasteiger charge is 2.35. The van der Waals surface area contributed by atoms with Crippen LogP contribution in [0.1, 0.15) is 34.3 Å². The summed E-state index contributed by atoms with van der Waals surface area (Å²) in [7, 11) is 0. The highest BCUT2D eigenvalue weighted by atomic mass is 19.3. The van der Waals surface area contributed by atoms with Crippen molar-refractivity contribution in [3.8, 4) is 0 Å². The Labute approximate surface area is 138 Å². The topological polar surface area (TPSA) is 33.2 Å². The molecule has 3 rings (SSSR count). The van der Waals surface area contributed by atoms with Crippen molar-refractivity contribution in [2.45, 2.75) is 25.2 Å². The molecule has 3 nitrogen and oxygen atoms in total. The van der Waals surface area contributed by atoms with Crippen molar-refractivity contribution in [2.24, 2.45) is 0 Å². The van der Waals surface area contributed by atoms with Crippen LogP contribution in [0.25, 0.3) is 0 Å². The maximum Gasteiger partial charge on any atom is 0.255 e. The molecule has 0 atom stereocenters. The third-order valence-electron chi connectivity index (χ3n) is 4.15. The van der Waals surface area contributed by atoms with Gasteiger partial charge in [-0.3, -0.25) is 9.78 Å². The molecule has 0 bridgehead atoms. The highest BCUT2D eigenvalue weighted by molar-refractivity contribution is 5.94. The summed E-state index contributed by atoms with van der Waals surface area (Å²) in [6, 6.07) is 7.83. The maximum absolute atomic E-state index is 13.2. The van der Waals surface area contributed by atoms with Gasteiger partial charge in [0.1, 0.15) is 5.82 Å². The monoisotopic (exact) mass is 334 g/mol. The average Bonchev–Trinajstić information content (AvgIpc) is 2.57. The van der Waals surface area contributed by atoms with Gasteiger partial charge in [-0.25, -0.2) is 13.2 Å². The molecule has 1 aliphatic heterocycles. The van der Waals surface area contributed by atoms with Crippen molar-refractivity contribution in [1.82, 2.24) is 9.88 Å². The zero-order valence-corrected chi connectivity index (χ0v) is 13.0. The second kappa shape index (κ2) is 6.63. The molecule has 1 amide bonds. The molecular formula is C18H17F3N2O. The number of carbonyl (C=O) groups excluding carboxylic acids is 1. The molecule has 0 saturated carbocycles. The molecule has 0 spiro atoms. The molecule has 126 valence electrons. The predicted octanol–water partition coefficient (Wildman–Crippen LogP) is 3.68. The zero-order valence-electron chi connectivity index (χ0n) is 13.0. The lowest BCUT2D eigenvalue weighted by Gasteiger charge is -2.31. The first-order chi connectivity index (χ1) is 11.4. The number of likely N-dealkylation sites (tertiary alicyclic amines) is 1.